The van der Waals surface area contributed by atoms with Crippen LogP contribution in [0.15, 0.2) is 21.9 Å². The molecule has 0 spiro atoms. The molecule has 21 nitrogen and oxygen atoms in total. The number of esters is 2. The first-order valence-electron chi connectivity index (χ1n) is 18.9. The normalized spacial score (nSPS) is 17.8. The molecule has 0 aromatic rings. The van der Waals surface area contributed by atoms with E-state index in [9.17, 15) is 29.1 Å². The number of ether oxygens (including phenoxy) is 9. The highest BCUT2D eigenvalue weighted by Gasteiger charge is 2.45. The Labute approximate surface area is 344 Å². The van der Waals surface area contributed by atoms with Crippen LogP contribution in [0.25, 0.3) is 10.4 Å². The molecule has 1 heterocycles. The fourth-order valence-corrected chi connectivity index (χ4v) is 5.03. The maximum absolute atomic E-state index is 13.0. The van der Waals surface area contributed by atoms with E-state index in [4.69, 9.17) is 54.6 Å². The van der Waals surface area contributed by atoms with Crippen molar-refractivity contribution in [1.82, 2.24) is 10.6 Å². The number of azide groups is 1. The molecule has 0 aromatic heterocycles. The lowest BCUT2D eigenvalue weighted by molar-refractivity contribution is -0.156. The van der Waals surface area contributed by atoms with Gasteiger partial charge >= 0.3 is 18.0 Å². The average Bonchev–Trinajstić information content (AvgIpc) is 3.12. The number of terminal acetylenes is 1. The number of hydrogen-bond donors (Lipinski definition) is 3. The first-order chi connectivity index (χ1) is 27.8. The number of carbonyl (C=O) groups excluding carboxylic acids is 5. The molecule has 5 atom stereocenters. The van der Waals surface area contributed by atoms with Gasteiger partial charge in [0.05, 0.1) is 71.5 Å². The van der Waals surface area contributed by atoms with Crippen LogP contribution >= 0.6 is 0 Å². The van der Waals surface area contributed by atoms with Crippen LogP contribution in [0.5, 0.6) is 0 Å². The molecule has 1 rings (SSSR count). The lowest BCUT2D eigenvalue weighted by Crippen LogP contribution is -2.60. The van der Waals surface area contributed by atoms with E-state index in [0.29, 0.717) is 39.5 Å². The average molecular weight is 841 g/mol. The fourth-order valence-electron chi connectivity index (χ4n) is 5.03. The van der Waals surface area contributed by atoms with Crippen LogP contribution in [-0.4, -0.2) is 155 Å². The summed E-state index contributed by atoms with van der Waals surface area (Å²) in [7, 11) is 1.08. The van der Waals surface area contributed by atoms with Gasteiger partial charge in [0.2, 0.25) is 11.7 Å². The highest BCUT2D eigenvalue weighted by molar-refractivity contribution is 6.04. The largest absolute Gasteiger partial charge is 0.478 e. The zero-order valence-electron chi connectivity index (χ0n) is 35.2. The van der Waals surface area contributed by atoms with Crippen molar-refractivity contribution in [3.63, 3.8) is 0 Å². The number of Topliss-reactive ketones (excluding diaryl/α,β-unsaturated/α-hetero) is 1. The number of nitrogens with zero attached hydrogens (tertiary/aromatic N) is 4. The molecule has 2 amide bonds. The summed E-state index contributed by atoms with van der Waals surface area (Å²) in [6.07, 6.45) is 0.340. The van der Waals surface area contributed by atoms with Crippen LogP contribution in [0, 0.1) is 12.3 Å². The molecule has 0 saturated heterocycles. The number of aliphatic hydroxyl groups excluding tert-OH is 1. The Bertz CT molecular complexity index is 1480. The SMILES string of the molecule is C#CCOCCOCCOCCOCCCC(=O)CO[C@@H]([C@@H]1OC(C(=O)OC)=C[C@H](N=C(CC(=O)OC(C)(C)C)NC(=O)OC(C)(C)C)[C@H]1NC(C)=O)[C@H](O)CN=[N+]=[N-]. The Morgan fingerprint density at radius 2 is 1.56 bits per heavy atom. The number of amides is 2. The summed E-state index contributed by atoms with van der Waals surface area (Å²) in [4.78, 5) is 71.5. The fraction of sp³-hybridized carbons (Fsp3) is 0.737. The number of rotatable bonds is 26. The van der Waals surface area contributed by atoms with Crippen molar-refractivity contribution >= 4 is 35.6 Å². The van der Waals surface area contributed by atoms with Crippen molar-refractivity contribution < 1.29 is 71.7 Å². The maximum atomic E-state index is 13.0. The zero-order chi connectivity index (χ0) is 44.4. The number of methoxy groups -OCH3 is 1. The summed E-state index contributed by atoms with van der Waals surface area (Å²) in [5.74, 6) is -1.16. The summed E-state index contributed by atoms with van der Waals surface area (Å²) >= 11 is 0. The summed E-state index contributed by atoms with van der Waals surface area (Å²) in [5, 5.41) is 19.7. The lowest BCUT2D eigenvalue weighted by atomic mass is 9.91. The minimum Gasteiger partial charge on any atom is -0.478 e. The van der Waals surface area contributed by atoms with E-state index >= 15 is 0 Å². The van der Waals surface area contributed by atoms with Gasteiger partial charge in [-0.25, -0.2) is 9.59 Å². The van der Waals surface area contributed by atoms with Crippen LogP contribution in [0.2, 0.25) is 0 Å². The standard InChI is InChI=1S/C38H60N6O15/c1-10-13-52-15-17-54-19-20-55-18-16-53-14-11-12-26(46)24-56-33(28(47)23-40-44-39)34-32(41-25(2)45)27(21-29(57-34)35(49)51-9)42-30(22-31(48)58-37(3,4)5)43-36(50)59-38(6,7)8/h1,21,27-28,32-34,47H,11-20,22-24H2,2-9H3,(H,41,45)(H,42,43,50)/t27-,28+,32+,33+,34+/m0/s1. The molecule has 59 heavy (non-hydrogen) atoms. The van der Waals surface area contributed by atoms with Gasteiger partial charge in [0, 0.05) is 24.9 Å². The molecule has 0 bridgehead atoms. The number of ketones is 1. The lowest BCUT2D eigenvalue weighted by Gasteiger charge is -2.40. The van der Waals surface area contributed by atoms with Crippen molar-refractivity contribution in [3.05, 3.63) is 22.3 Å². The number of hydrogen-bond acceptors (Lipinski definition) is 17. The topological polar surface area (TPSA) is 274 Å². The van der Waals surface area contributed by atoms with Crippen molar-refractivity contribution in [1.29, 1.82) is 0 Å². The van der Waals surface area contributed by atoms with Gasteiger partial charge in [-0.15, -0.1) is 6.42 Å². The van der Waals surface area contributed by atoms with Gasteiger partial charge in [0.15, 0.2) is 11.9 Å². The summed E-state index contributed by atoms with van der Waals surface area (Å²) in [6, 6.07) is -2.62. The third-order valence-electron chi connectivity index (χ3n) is 7.26. The van der Waals surface area contributed by atoms with Gasteiger partial charge in [-0.1, -0.05) is 11.0 Å². The molecule has 21 heteroatoms. The predicted molar refractivity (Wildman–Crippen MR) is 210 cm³/mol. The van der Waals surface area contributed by atoms with E-state index in [0.717, 1.165) is 7.11 Å². The second-order valence-electron chi connectivity index (χ2n) is 14.8. The van der Waals surface area contributed by atoms with Gasteiger partial charge in [-0.05, 0) is 59.6 Å². The number of carbonyl (C=O) groups is 5. The Kier molecular flexibility index (Phi) is 24.6. The third-order valence-corrected chi connectivity index (χ3v) is 7.26. The van der Waals surface area contributed by atoms with Crippen molar-refractivity contribution in [3.8, 4) is 12.3 Å². The van der Waals surface area contributed by atoms with E-state index in [1.807, 2.05) is 0 Å². The minimum absolute atomic E-state index is 0.0147. The van der Waals surface area contributed by atoms with Crippen LogP contribution in [0.1, 0.15) is 67.7 Å². The third kappa shape index (κ3) is 24.0. The number of aliphatic imine (C=N–C) groups is 1. The summed E-state index contributed by atoms with van der Waals surface area (Å²) in [6.45, 7) is 12.4. The minimum atomic E-state index is -1.65. The highest BCUT2D eigenvalue weighted by atomic mass is 16.6. The second kappa shape index (κ2) is 27.8. The number of alkyl carbamates (subject to hydrolysis) is 1. The first kappa shape index (κ1) is 52.2. The van der Waals surface area contributed by atoms with Gasteiger partial charge < -0.3 is 53.1 Å². The van der Waals surface area contributed by atoms with Crippen molar-refractivity contribution in [2.45, 2.75) is 109 Å². The molecule has 0 aliphatic carbocycles. The summed E-state index contributed by atoms with van der Waals surface area (Å²) < 4.78 is 48.9. The summed E-state index contributed by atoms with van der Waals surface area (Å²) in [5.41, 5.74) is 7.14. The van der Waals surface area contributed by atoms with Gasteiger partial charge in [-0.3, -0.25) is 24.7 Å². The van der Waals surface area contributed by atoms with Crippen LogP contribution in [-0.2, 0) is 61.8 Å². The van der Waals surface area contributed by atoms with Crippen LogP contribution < -0.4 is 10.6 Å². The molecular formula is C38H60N6O15. The van der Waals surface area contributed by atoms with E-state index in [-0.39, 0.29) is 32.1 Å². The Morgan fingerprint density at radius 3 is 2.10 bits per heavy atom. The smallest absolute Gasteiger partial charge is 0.413 e. The number of nitrogens with one attached hydrogen (secondary N) is 2. The van der Waals surface area contributed by atoms with Crippen molar-refractivity contribution in [2.75, 3.05) is 73.1 Å². The maximum Gasteiger partial charge on any atom is 0.413 e. The van der Waals surface area contributed by atoms with Crippen molar-refractivity contribution in [2.24, 2.45) is 10.1 Å². The molecule has 0 saturated carbocycles. The Hall–Kier alpha value is -4.81. The monoisotopic (exact) mass is 840 g/mol. The zero-order valence-corrected chi connectivity index (χ0v) is 35.2. The van der Waals surface area contributed by atoms with Crippen LogP contribution in [0.4, 0.5) is 4.79 Å². The molecular weight excluding hydrogens is 780 g/mol. The molecule has 0 radical (unpaired) electrons. The number of aliphatic hydroxyl groups is 1. The Morgan fingerprint density at radius 1 is 0.966 bits per heavy atom. The molecule has 0 fully saturated rings. The molecule has 3 N–H and O–H groups in total. The molecule has 1 aliphatic heterocycles. The van der Waals surface area contributed by atoms with E-state index in [2.05, 4.69) is 31.6 Å². The second-order valence-corrected chi connectivity index (χ2v) is 14.8. The van der Waals surface area contributed by atoms with E-state index in [1.54, 1.807) is 41.5 Å². The molecule has 1 aliphatic rings. The molecule has 0 aromatic carbocycles. The van der Waals surface area contributed by atoms with Gasteiger partial charge in [-0.2, -0.15) is 0 Å². The Balaban J connectivity index is 3.25. The molecule has 0 unspecified atom stereocenters. The predicted octanol–water partition coefficient (Wildman–Crippen LogP) is 2.08. The van der Waals surface area contributed by atoms with Crippen LogP contribution in [0.3, 0.4) is 0 Å². The quantitative estimate of drug-likeness (QED) is 0.0129. The van der Waals surface area contributed by atoms with E-state index < -0.39 is 96.7 Å². The van der Waals surface area contributed by atoms with Gasteiger partial charge in [0.1, 0.15) is 42.8 Å². The van der Waals surface area contributed by atoms with E-state index in [1.165, 1.54) is 13.0 Å². The van der Waals surface area contributed by atoms with Gasteiger partial charge in [0.25, 0.3) is 0 Å². The number of amidine groups is 1. The molecule has 332 valence electrons. The first-order valence-corrected chi connectivity index (χ1v) is 18.9. The highest BCUT2D eigenvalue weighted by Crippen LogP contribution is 2.28.